The lowest BCUT2D eigenvalue weighted by atomic mass is 10.1. The van der Waals surface area contributed by atoms with E-state index in [9.17, 15) is 0 Å². The second-order valence-electron chi connectivity index (χ2n) is 4.56. The van der Waals surface area contributed by atoms with Crippen molar-refractivity contribution < 1.29 is 0 Å². The third-order valence-electron chi connectivity index (χ3n) is 3.29. The van der Waals surface area contributed by atoms with Gasteiger partial charge in [-0.3, -0.25) is 0 Å². The van der Waals surface area contributed by atoms with E-state index in [0.717, 1.165) is 12.2 Å². The molecule has 0 aliphatic rings. The molecule has 0 aromatic heterocycles. The standard InChI is InChI=1S/C17H21NS/c1-3-16(18-2)15-11-7-8-12-17(15)19-13-14-9-5-4-6-10-14/h4-12,16,18H,3,13H2,1-2H3. The summed E-state index contributed by atoms with van der Waals surface area (Å²) < 4.78 is 0. The minimum Gasteiger partial charge on any atom is -0.313 e. The van der Waals surface area contributed by atoms with Crippen LogP contribution in [0.1, 0.15) is 30.5 Å². The first-order valence-electron chi connectivity index (χ1n) is 6.78. The van der Waals surface area contributed by atoms with Crippen molar-refractivity contribution in [3.8, 4) is 0 Å². The van der Waals surface area contributed by atoms with Gasteiger partial charge in [0.2, 0.25) is 0 Å². The lowest BCUT2D eigenvalue weighted by Crippen LogP contribution is -2.15. The summed E-state index contributed by atoms with van der Waals surface area (Å²) in [5, 5.41) is 3.39. The normalized spacial score (nSPS) is 12.3. The molecule has 2 aromatic carbocycles. The van der Waals surface area contributed by atoms with Crippen LogP contribution in [0, 0.1) is 0 Å². The van der Waals surface area contributed by atoms with Gasteiger partial charge in [0.1, 0.15) is 0 Å². The van der Waals surface area contributed by atoms with E-state index in [4.69, 9.17) is 0 Å². The van der Waals surface area contributed by atoms with Crippen LogP contribution in [0.5, 0.6) is 0 Å². The molecule has 19 heavy (non-hydrogen) atoms. The molecule has 0 amide bonds. The molecule has 0 aliphatic carbocycles. The Balaban J connectivity index is 2.12. The molecule has 100 valence electrons. The first kappa shape index (κ1) is 14.2. The van der Waals surface area contributed by atoms with Gasteiger partial charge in [0, 0.05) is 16.7 Å². The van der Waals surface area contributed by atoms with Gasteiger partial charge in [-0.15, -0.1) is 11.8 Å². The SMILES string of the molecule is CCC(NC)c1ccccc1SCc1ccccc1. The third kappa shape index (κ3) is 3.85. The summed E-state index contributed by atoms with van der Waals surface area (Å²) in [5.41, 5.74) is 2.79. The highest BCUT2D eigenvalue weighted by atomic mass is 32.2. The first-order valence-corrected chi connectivity index (χ1v) is 7.76. The number of benzene rings is 2. The predicted octanol–water partition coefficient (Wildman–Crippen LogP) is 4.65. The molecule has 0 spiro atoms. The van der Waals surface area contributed by atoms with Gasteiger partial charge in [0.15, 0.2) is 0 Å². The summed E-state index contributed by atoms with van der Waals surface area (Å²) in [5.74, 6) is 1.03. The van der Waals surface area contributed by atoms with Crippen molar-refractivity contribution in [2.45, 2.75) is 30.0 Å². The molecule has 0 bridgehead atoms. The van der Waals surface area contributed by atoms with Gasteiger partial charge in [0.25, 0.3) is 0 Å². The van der Waals surface area contributed by atoms with E-state index in [1.165, 1.54) is 16.0 Å². The summed E-state index contributed by atoms with van der Waals surface area (Å²) in [6, 6.07) is 19.8. The molecule has 0 aliphatic heterocycles. The van der Waals surface area contributed by atoms with Crippen molar-refractivity contribution in [1.29, 1.82) is 0 Å². The highest BCUT2D eigenvalue weighted by Crippen LogP contribution is 2.31. The van der Waals surface area contributed by atoms with Gasteiger partial charge < -0.3 is 5.32 Å². The molecule has 0 saturated heterocycles. The lowest BCUT2D eigenvalue weighted by molar-refractivity contribution is 0.568. The topological polar surface area (TPSA) is 12.0 Å². The molecule has 0 saturated carbocycles. The first-order chi connectivity index (χ1) is 9.35. The Kier molecular flexibility index (Phi) is 5.49. The maximum atomic E-state index is 3.39. The average Bonchev–Trinajstić information content (AvgIpc) is 2.48. The molecule has 1 unspecified atom stereocenters. The predicted molar refractivity (Wildman–Crippen MR) is 84.5 cm³/mol. The Hall–Kier alpha value is -1.25. The fraction of sp³-hybridized carbons (Fsp3) is 0.294. The number of nitrogens with one attached hydrogen (secondary N) is 1. The van der Waals surface area contributed by atoms with Crippen molar-refractivity contribution in [3.63, 3.8) is 0 Å². The van der Waals surface area contributed by atoms with Crippen LogP contribution in [0.2, 0.25) is 0 Å². The van der Waals surface area contributed by atoms with E-state index in [-0.39, 0.29) is 0 Å². The summed E-state index contributed by atoms with van der Waals surface area (Å²) >= 11 is 1.92. The molecule has 2 rings (SSSR count). The van der Waals surface area contributed by atoms with Crippen molar-refractivity contribution in [2.75, 3.05) is 7.05 Å². The van der Waals surface area contributed by atoms with Gasteiger partial charge in [-0.05, 0) is 30.7 Å². The highest BCUT2D eigenvalue weighted by molar-refractivity contribution is 7.98. The molecule has 1 atom stereocenters. The molecule has 0 radical (unpaired) electrons. The van der Waals surface area contributed by atoms with E-state index < -0.39 is 0 Å². The van der Waals surface area contributed by atoms with Crippen molar-refractivity contribution in [3.05, 3.63) is 65.7 Å². The summed E-state index contributed by atoms with van der Waals surface area (Å²) in [6.45, 7) is 2.22. The van der Waals surface area contributed by atoms with Crippen LogP contribution in [0.3, 0.4) is 0 Å². The summed E-state index contributed by atoms with van der Waals surface area (Å²) in [7, 11) is 2.03. The Labute approximate surface area is 120 Å². The highest BCUT2D eigenvalue weighted by Gasteiger charge is 2.11. The van der Waals surface area contributed by atoms with E-state index in [2.05, 4.69) is 66.8 Å². The molecule has 1 N–H and O–H groups in total. The zero-order valence-electron chi connectivity index (χ0n) is 11.6. The Morgan fingerprint density at radius 2 is 1.68 bits per heavy atom. The van der Waals surface area contributed by atoms with Gasteiger partial charge in [-0.25, -0.2) is 0 Å². The minimum atomic E-state index is 0.444. The minimum absolute atomic E-state index is 0.444. The number of thioether (sulfide) groups is 1. The van der Waals surface area contributed by atoms with E-state index >= 15 is 0 Å². The molecular weight excluding hydrogens is 250 g/mol. The maximum Gasteiger partial charge on any atom is 0.0326 e. The van der Waals surface area contributed by atoms with E-state index in [1.807, 2.05) is 18.8 Å². The fourth-order valence-electron chi connectivity index (χ4n) is 2.21. The molecule has 2 heteroatoms. The van der Waals surface area contributed by atoms with Crippen molar-refractivity contribution in [2.24, 2.45) is 0 Å². The molecule has 1 nitrogen and oxygen atoms in total. The van der Waals surface area contributed by atoms with Crippen LogP contribution in [-0.4, -0.2) is 7.05 Å². The van der Waals surface area contributed by atoms with Gasteiger partial charge in [-0.2, -0.15) is 0 Å². The molecule has 0 heterocycles. The van der Waals surface area contributed by atoms with Crippen molar-refractivity contribution >= 4 is 11.8 Å². The monoisotopic (exact) mass is 271 g/mol. The second kappa shape index (κ2) is 7.37. The number of hydrogen-bond donors (Lipinski definition) is 1. The summed E-state index contributed by atoms with van der Waals surface area (Å²) in [6.07, 6.45) is 1.11. The van der Waals surface area contributed by atoms with E-state index in [1.54, 1.807) is 0 Å². The van der Waals surface area contributed by atoms with Gasteiger partial charge in [0.05, 0.1) is 0 Å². The smallest absolute Gasteiger partial charge is 0.0326 e. The van der Waals surface area contributed by atoms with Crippen LogP contribution >= 0.6 is 11.8 Å². The molecule has 2 aromatic rings. The number of rotatable bonds is 6. The Morgan fingerprint density at radius 3 is 2.37 bits per heavy atom. The van der Waals surface area contributed by atoms with Crippen LogP contribution in [0.15, 0.2) is 59.5 Å². The van der Waals surface area contributed by atoms with Crippen molar-refractivity contribution in [1.82, 2.24) is 5.32 Å². The maximum absolute atomic E-state index is 3.39. The van der Waals surface area contributed by atoms with Gasteiger partial charge >= 0.3 is 0 Å². The molecular formula is C17H21NS. The van der Waals surface area contributed by atoms with Crippen LogP contribution < -0.4 is 5.32 Å². The Morgan fingerprint density at radius 1 is 1.00 bits per heavy atom. The van der Waals surface area contributed by atoms with E-state index in [0.29, 0.717) is 6.04 Å². The Bertz CT molecular complexity index is 492. The largest absolute Gasteiger partial charge is 0.313 e. The second-order valence-corrected chi connectivity index (χ2v) is 5.58. The van der Waals surface area contributed by atoms with Crippen LogP contribution in [0.4, 0.5) is 0 Å². The average molecular weight is 271 g/mol. The van der Waals surface area contributed by atoms with Crippen LogP contribution in [-0.2, 0) is 5.75 Å². The van der Waals surface area contributed by atoms with Crippen LogP contribution in [0.25, 0.3) is 0 Å². The summed E-state index contributed by atoms with van der Waals surface area (Å²) in [4.78, 5) is 1.38. The quantitative estimate of drug-likeness (QED) is 0.768. The molecule has 0 fully saturated rings. The zero-order chi connectivity index (χ0) is 13.5. The number of hydrogen-bond acceptors (Lipinski definition) is 2. The third-order valence-corrected chi connectivity index (χ3v) is 4.45. The lowest BCUT2D eigenvalue weighted by Gasteiger charge is -2.18. The fourth-order valence-corrected chi connectivity index (χ4v) is 3.28. The zero-order valence-corrected chi connectivity index (χ0v) is 12.4. The van der Waals surface area contributed by atoms with Gasteiger partial charge in [-0.1, -0.05) is 55.5 Å².